The summed E-state index contributed by atoms with van der Waals surface area (Å²) in [6.45, 7) is 0.871. The van der Waals surface area contributed by atoms with E-state index >= 15 is 0 Å². The molecule has 1 aliphatic carbocycles. The Balaban J connectivity index is 1.60. The maximum atomic E-state index is 5.86. The summed E-state index contributed by atoms with van der Waals surface area (Å²) in [5, 5.41) is 8.12. The van der Waals surface area contributed by atoms with E-state index in [1.807, 2.05) is 22.5 Å². The van der Waals surface area contributed by atoms with E-state index in [-0.39, 0.29) is 0 Å². The van der Waals surface area contributed by atoms with Crippen LogP contribution in [-0.2, 0) is 6.54 Å². The van der Waals surface area contributed by atoms with Gasteiger partial charge in [-0.15, -0.1) is 16.9 Å². The summed E-state index contributed by atoms with van der Waals surface area (Å²) in [5.74, 6) is 2.20. The molecular formula is C13H16N4S. The highest BCUT2D eigenvalue weighted by molar-refractivity contribution is 7.99. The molecule has 0 atom stereocenters. The number of nitrogens with two attached hydrogens (primary N) is 1. The first-order valence-corrected chi connectivity index (χ1v) is 7.20. The monoisotopic (exact) mass is 260 g/mol. The third-order valence-electron chi connectivity index (χ3n) is 3.08. The maximum Gasteiger partial charge on any atom is 0.169 e. The Bertz CT molecular complexity index is 519. The van der Waals surface area contributed by atoms with E-state index < -0.39 is 0 Å². The smallest absolute Gasteiger partial charge is 0.169 e. The quantitative estimate of drug-likeness (QED) is 0.839. The van der Waals surface area contributed by atoms with Crippen LogP contribution in [0.3, 0.4) is 0 Å². The number of aromatic nitrogens is 3. The van der Waals surface area contributed by atoms with Gasteiger partial charge in [0.05, 0.1) is 12.2 Å². The molecule has 2 aromatic rings. The second-order valence-electron chi connectivity index (χ2n) is 4.52. The Kier molecular flexibility index (Phi) is 3.23. The molecule has 0 aliphatic heterocycles. The lowest BCUT2D eigenvalue weighted by Gasteiger charge is -2.05. The average Bonchev–Trinajstić information content (AvgIpc) is 3.16. The minimum Gasteiger partial charge on any atom is -0.381 e. The first-order chi connectivity index (χ1) is 8.84. The van der Waals surface area contributed by atoms with Crippen molar-refractivity contribution < 1.29 is 0 Å². The molecule has 1 heterocycles. The van der Waals surface area contributed by atoms with E-state index in [9.17, 15) is 0 Å². The van der Waals surface area contributed by atoms with E-state index in [1.165, 1.54) is 17.7 Å². The van der Waals surface area contributed by atoms with Gasteiger partial charge in [-0.25, -0.2) is 4.68 Å². The van der Waals surface area contributed by atoms with Crippen molar-refractivity contribution >= 4 is 17.6 Å². The number of thioether (sulfide) groups is 1. The van der Waals surface area contributed by atoms with Crippen LogP contribution in [0.5, 0.6) is 0 Å². The highest BCUT2D eigenvalue weighted by Crippen LogP contribution is 2.41. The van der Waals surface area contributed by atoms with Crippen molar-refractivity contribution in [3.8, 4) is 0 Å². The van der Waals surface area contributed by atoms with Crippen LogP contribution in [0.15, 0.2) is 35.2 Å². The maximum absolute atomic E-state index is 5.86. The third kappa shape index (κ3) is 2.51. The number of benzene rings is 1. The van der Waals surface area contributed by atoms with Crippen molar-refractivity contribution in [2.24, 2.45) is 0 Å². The normalized spacial score (nSPS) is 14.9. The van der Waals surface area contributed by atoms with Crippen LogP contribution in [0.2, 0.25) is 0 Å². The molecule has 94 valence electrons. The fourth-order valence-corrected chi connectivity index (χ4v) is 2.89. The van der Waals surface area contributed by atoms with E-state index in [0.29, 0.717) is 11.7 Å². The number of aryl methyl sites for hydroxylation is 1. The lowest BCUT2D eigenvalue weighted by Crippen LogP contribution is -2.07. The lowest BCUT2D eigenvalue weighted by molar-refractivity contribution is 0.603. The molecule has 0 saturated heterocycles. The molecule has 1 aromatic carbocycles. The second-order valence-corrected chi connectivity index (χ2v) is 5.69. The number of rotatable bonds is 5. The molecule has 0 spiro atoms. The summed E-state index contributed by atoms with van der Waals surface area (Å²) in [6.07, 6.45) is 2.45. The van der Waals surface area contributed by atoms with Crippen LogP contribution in [0, 0.1) is 0 Å². The zero-order chi connectivity index (χ0) is 12.4. The predicted octanol–water partition coefficient (Wildman–Crippen LogP) is 2.53. The number of anilines is 1. The van der Waals surface area contributed by atoms with Crippen LogP contribution in [0.1, 0.15) is 24.5 Å². The number of hydrogen-bond donors (Lipinski definition) is 1. The number of nitrogen functional groups attached to an aromatic ring is 1. The SMILES string of the molecule is Nc1nnn(CCSc2ccccc2)c1C1CC1. The van der Waals surface area contributed by atoms with Gasteiger partial charge in [0, 0.05) is 16.6 Å². The zero-order valence-corrected chi connectivity index (χ0v) is 10.9. The van der Waals surface area contributed by atoms with Crippen molar-refractivity contribution in [3.63, 3.8) is 0 Å². The summed E-state index contributed by atoms with van der Waals surface area (Å²) in [4.78, 5) is 1.29. The summed E-state index contributed by atoms with van der Waals surface area (Å²) in [7, 11) is 0. The van der Waals surface area contributed by atoms with E-state index in [2.05, 4.69) is 34.6 Å². The molecule has 1 aliphatic rings. The molecule has 3 rings (SSSR count). The Morgan fingerprint density at radius 1 is 1.28 bits per heavy atom. The average molecular weight is 260 g/mol. The van der Waals surface area contributed by atoms with Crippen molar-refractivity contribution in [1.82, 2.24) is 15.0 Å². The van der Waals surface area contributed by atoms with Gasteiger partial charge in [0.1, 0.15) is 0 Å². The van der Waals surface area contributed by atoms with Gasteiger partial charge in [0.15, 0.2) is 5.82 Å². The largest absolute Gasteiger partial charge is 0.381 e. The minimum absolute atomic E-state index is 0.599. The van der Waals surface area contributed by atoms with Crippen LogP contribution in [0.25, 0.3) is 0 Å². The molecule has 2 N–H and O–H groups in total. The standard InChI is InChI=1S/C13H16N4S/c14-13-12(10-6-7-10)17(16-15-13)8-9-18-11-4-2-1-3-5-11/h1-5,10H,6-9,14H2. The van der Waals surface area contributed by atoms with Crippen molar-refractivity contribution in [2.75, 3.05) is 11.5 Å². The molecular weight excluding hydrogens is 244 g/mol. The topological polar surface area (TPSA) is 56.7 Å². The second kappa shape index (κ2) is 5.02. The van der Waals surface area contributed by atoms with Crippen LogP contribution < -0.4 is 5.73 Å². The summed E-state index contributed by atoms with van der Waals surface area (Å²) in [6, 6.07) is 10.4. The highest BCUT2D eigenvalue weighted by Gasteiger charge is 2.30. The van der Waals surface area contributed by atoms with Gasteiger partial charge >= 0.3 is 0 Å². The Morgan fingerprint density at radius 3 is 2.78 bits per heavy atom. The first kappa shape index (κ1) is 11.6. The predicted molar refractivity (Wildman–Crippen MR) is 73.6 cm³/mol. The number of hydrogen-bond acceptors (Lipinski definition) is 4. The van der Waals surface area contributed by atoms with Gasteiger partial charge in [0.25, 0.3) is 0 Å². The van der Waals surface area contributed by atoms with Gasteiger partial charge in [-0.05, 0) is 25.0 Å². The Labute approximate surface area is 111 Å². The molecule has 0 unspecified atom stereocenters. The lowest BCUT2D eigenvalue weighted by atomic mass is 10.3. The summed E-state index contributed by atoms with van der Waals surface area (Å²) >= 11 is 1.84. The van der Waals surface area contributed by atoms with Crippen LogP contribution >= 0.6 is 11.8 Å². The summed E-state index contributed by atoms with van der Waals surface area (Å²) < 4.78 is 1.98. The molecule has 0 bridgehead atoms. The van der Waals surface area contributed by atoms with Crippen molar-refractivity contribution in [2.45, 2.75) is 30.2 Å². The highest BCUT2D eigenvalue weighted by atomic mass is 32.2. The van der Waals surface area contributed by atoms with Crippen molar-refractivity contribution in [1.29, 1.82) is 0 Å². The zero-order valence-electron chi connectivity index (χ0n) is 10.1. The molecule has 1 saturated carbocycles. The minimum atomic E-state index is 0.599. The van der Waals surface area contributed by atoms with Gasteiger partial charge in [-0.2, -0.15) is 0 Å². The fraction of sp³-hybridized carbons (Fsp3) is 0.385. The third-order valence-corrected chi connectivity index (χ3v) is 4.07. The summed E-state index contributed by atoms with van der Waals surface area (Å²) in [5.41, 5.74) is 7.01. The van der Waals surface area contributed by atoms with Gasteiger partial charge in [0.2, 0.25) is 0 Å². The Hall–Kier alpha value is -1.49. The molecule has 0 amide bonds. The van der Waals surface area contributed by atoms with E-state index in [4.69, 9.17) is 5.73 Å². The van der Waals surface area contributed by atoms with Crippen LogP contribution in [-0.4, -0.2) is 20.7 Å². The van der Waals surface area contributed by atoms with Gasteiger partial charge in [-0.3, -0.25) is 0 Å². The molecule has 1 aromatic heterocycles. The molecule has 0 radical (unpaired) electrons. The fourth-order valence-electron chi connectivity index (χ4n) is 2.04. The van der Waals surface area contributed by atoms with E-state index in [0.717, 1.165) is 18.0 Å². The first-order valence-electron chi connectivity index (χ1n) is 6.21. The molecule has 5 heteroatoms. The molecule has 18 heavy (non-hydrogen) atoms. The van der Waals surface area contributed by atoms with Gasteiger partial charge in [-0.1, -0.05) is 23.4 Å². The van der Waals surface area contributed by atoms with Crippen LogP contribution in [0.4, 0.5) is 5.82 Å². The number of nitrogens with zero attached hydrogens (tertiary/aromatic N) is 3. The van der Waals surface area contributed by atoms with Gasteiger partial charge < -0.3 is 5.73 Å². The Morgan fingerprint density at radius 2 is 2.06 bits per heavy atom. The van der Waals surface area contributed by atoms with Crippen molar-refractivity contribution in [3.05, 3.63) is 36.0 Å². The molecule has 1 fully saturated rings. The molecule has 4 nitrogen and oxygen atoms in total. The van der Waals surface area contributed by atoms with E-state index in [1.54, 1.807) is 0 Å².